The number of thiocarbonyl (C=S) groups is 1. The largest absolute Gasteiger partial charge is 0.436 e. The summed E-state index contributed by atoms with van der Waals surface area (Å²) in [6.07, 6.45) is 0. The molecule has 172 valence electrons. The Balaban J connectivity index is 1.29. The van der Waals surface area contributed by atoms with Gasteiger partial charge in [-0.25, -0.2) is 4.98 Å². The Hall–Kier alpha value is -3.71. The maximum Gasteiger partial charge on any atom is 0.258 e. The molecule has 0 fully saturated rings. The average Bonchev–Trinajstić information content (AvgIpc) is 3.28. The Labute approximate surface area is 216 Å². The predicted molar refractivity (Wildman–Crippen MR) is 145 cm³/mol. The number of oxazole rings is 1. The molecule has 5 aromatic rings. The number of nitrogens with zero attached hydrogens (tertiary/aromatic N) is 1. The van der Waals surface area contributed by atoms with Gasteiger partial charge in [0.1, 0.15) is 5.52 Å². The highest BCUT2D eigenvalue weighted by Gasteiger charge is 2.14. The van der Waals surface area contributed by atoms with Gasteiger partial charge in [0.25, 0.3) is 5.91 Å². The van der Waals surface area contributed by atoms with E-state index in [9.17, 15) is 4.79 Å². The molecule has 4 aromatic carbocycles. The standard InChI is InChI=1S/C27H17Cl2N3O2S/c28-19-10-12-21(22(29)14-19)25(33)32-27(35)30-20-11-13-24-23(15-20)31-26(34-24)18-8-6-17(7-9-18)16-4-2-1-3-5-16/h1-15H,(H2,30,32,33,35). The molecule has 0 aliphatic heterocycles. The fourth-order valence-electron chi connectivity index (χ4n) is 3.57. The van der Waals surface area contributed by atoms with Crippen LogP contribution in [0.2, 0.25) is 10.0 Å². The quantitative estimate of drug-likeness (QED) is 0.240. The molecule has 2 N–H and O–H groups in total. The van der Waals surface area contributed by atoms with E-state index in [1.54, 1.807) is 24.3 Å². The second-order valence-corrected chi connectivity index (χ2v) is 8.93. The van der Waals surface area contributed by atoms with Gasteiger partial charge in [-0.1, -0.05) is 65.7 Å². The number of carbonyl (C=O) groups is 1. The smallest absolute Gasteiger partial charge is 0.258 e. The number of nitrogens with one attached hydrogen (secondary N) is 2. The Morgan fingerprint density at radius 3 is 2.29 bits per heavy atom. The molecule has 0 aliphatic carbocycles. The Bertz CT molecular complexity index is 1550. The van der Waals surface area contributed by atoms with E-state index >= 15 is 0 Å². The summed E-state index contributed by atoms with van der Waals surface area (Å²) in [4.78, 5) is 17.1. The van der Waals surface area contributed by atoms with E-state index in [1.165, 1.54) is 12.1 Å². The van der Waals surface area contributed by atoms with Gasteiger partial charge in [-0.15, -0.1) is 0 Å². The third kappa shape index (κ3) is 5.20. The lowest BCUT2D eigenvalue weighted by Crippen LogP contribution is -2.34. The third-order valence-electron chi connectivity index (χ3n) is 5.29. The van der Waals surface area contributed by atoms with Gasteiger partial charge < -0.3 is 9.73 Å². The van der Waals surface area contributed by atoms with E-state index in [2.05, 4.69) is 27.8 Å². The summed E-state index contributed by atoms with van der Waals surface area (Å²) in [5, 5.41) is 6.41. The van der Waals surface area contributed by atoms with Crippen LogP contribution in [-0.2, 0) is 0 Å². The van der Waals surface area contributed by atoms with Crippen molar-refractivity contribution in [1.82, 2.24) is 10.3 Å². The van der Waals surface area contributed by atoms with Gasteiger partial charge in [0.15, 0.2) is 10.7 Å². The molecule has 8 heteroatoms. The van der Waals surface area contributed by atoms with E-state index in [0.717, 1.165) is 16.7 Å². The van der Waals surface area contributed by atoms with Crippen molar-refractivity contribution in [2.75, 3.05) is 5.32 Å². The van der Waals surface area contributed by atoms with Crippen molar-refractivity contribution in [3.8, 4) is 22.6 Å². The van der Waals surface area contributed by atoms with Crippen LogP contribution in [0.25, 0.3) is 33.7 Å². The van der Waals surface area contributed by atoms with E-state index in [4.69, 9.17) is 39.8 Å². The Morgan fingerprint density at radius 1 is 0.829 bits per heavy atom. The first-order valence-electron chi connectivity index (χ1n) is 10.6. The van der Waals surface area contributed by atoms with Crippen molar-refractivity contribution < 1.29 is 9.21 Å². The van der Waals surface area contributed by atoms with Gasteiger partial charge in [0.2, 0.25) is 5.89 Å². The minimum Gasteiger partial charge on any atom is -0.436 e. The maximum absolute atomic E-state index is 12.5. The maximum atomic E-state index is 12.5. The number of carbonyl (C=O) groups excluding carboxylic acids is 1. The van der Waals surface area contributed by atoms with Crippen LogP contribution in [0, 0.1) is 0 Å². The molecule has 0 saturated heterocycles. The normalized spacial score (nSPS) is 10.8. The predicted octanol–water partition coefficient (Wildman–Crippen LogP) is 7.60. The molecular weight excluding hydrogens is 501 g/mol. The number of hydrogen-bond donors (Lipinski definition) is 2. The van der Waals surface area contributed by atoms with Crippen molar-refractivity contribution in [1.29, 1.82) is 0 Å². The number of rotatable bonds is 4. The molecule has 0 saturated carbocycles. The minimum absolute atomic E-state index is 0.126. The highest BCUT2D eigenvalue weighted by Crippen LogP contribution is 2.28. The van der Waals surface area contributed by atoms with E-state index in [1.807, 2.05) is 42.5 Å². The number of anilines is 1. The summed E-state index contributed by atoms with van der Waals surface area (Å²) >= 11 is 17.3. The molecule has 5 rings (SSSR count). The average molecular weight is 518 g/mol. The summed E-state index contributed by atoms with van der Waals surface area (Å²) in [7, 11) is 0. The van der Waals surface area contributed by atoms with E-state index in [-0.39, 0.29) is 15.7 Å². The first-order chi connectivity index (χ1) is 17.0. The molecule has 1 aromatic heterocycles. The molecule has 35 heavy (non-hydrogen) atoms. The number of benzene rings is 4. The molecule has 1 heterocycles. The van der Waals surface area contributed by atoms with E-state index in [0.29, 0.717) is 27.7 Å². The number of halogens is 2. The van der Waals surface area contributed by atoms with Crippen molar-refractivity contribution in [3.63, 3.8) is 0 Å². The lowest BCUT2D eigenvalue weighted by atomic mass is 10.0. The second kappa shape index (κ2) is 9.88. The summed E-state index contributed by atoms with van der Waals surface area (Å²) in [6.45, 7) is 0. The zero-order valence-electron chi connectivity index (χ0n) is 18.1. The first kappa shape index (κ1) is 23.1. The molecule has 0 atom stereocenters. The van der Waals surface area contributed by atoms with Crippen molar-refractivity contribution in [3.05, 3.63) is 107 Å². The summed E-state index contributed by atoms with van der Waals surface area (Å²) < 4.78 is 5.94. The lowest BCUT2D eigenvalue weighted by Gasteiger charge is -2.10. The molecule has 0 unspecified atom stereocenters. The molecule has 0 aliphatic rings. The van der Waals surface area contributed by atoms with Crippen LogP contribution in [0.4, 0.5) is 5.69 Å². The van der Waals surface area contributed by atoms with Crippen LogP contribution in [0.5, 0.6) is 0 Å². The van der Waals surface area contributed by atoms with Gasteiger partial charge in [0.05, 0.1) is 10.6 Å². The molecule has 0 spiro atoms. The lowest BCUT2D eigenvalue weighted by molar-refractivity contribution is 0.0978. The van der Waals surface area contributed by atoms with Gasteiger partial charge in [-0.2, -0.15) is 0 Å². The number of amides is 1. The Morgan fingerprint density at radius 2 is 1.54 bits per heavy atom. The van der Waals surface area contributed by atoms with E-state index < -0.39 is 5.91 Å². The number of fused-ring (bicyclic) bond motifs is 1. The van der Waals surface area contributed by atoms with Crippen LogP contribution in [0.15, 0.2) is 95.4 Å². The minimum atomic E-state index is -0.437. The highest BCUT2D eigenvalue weighted by atomic mass is 35.5. The van der Waals surface area contributed by atoms with Gasteiger partial charge in [0, 0.05) is 16.3 Å². The molecular formula is C27H17Cl2N3O2S. The second-order valence-electron chi connectivity index (χ2n) is 7.68. The summed E-state index contributed by atoms with van der Waals surface area (Å²) in [5.74, 6) is 0.0814. The van der Waals surface area contributed by atoms with Crippen LogP contribution in [0.3, 0.4) is 0 Å². The fourth-order valence-corrected chi connectivity index (χ4v) is 4.28. The van der Waals surface area contributed by atoms with Crippen LogP contribution in [-0.4, -0.2) is 16.0 Å². The molecule has 0 bridgehead atoms. The fraction of sp³-hybridized carbons (Fsp3) is 0. The number of aromatic nitrogens is 1. The summed E-state index contributed by atoms with van der Waals surface area (Å²) in [6, 6.07) is 28.2. The topological polar surface area (TPSA) is 67.2 Å². The van der Waals surface area contributed by atoms with Crippen LogP contribution < -0.4 is 10.6 Å². The van der Waals surface area contributed by atoms with Gasteiger partial charge in [-0.05, 0) is 71.9 Å². The van der Waals surface area contributed by atoms with Gasteiger partial charge in [-0.3, -0.25) is 10.1 Å². The SMILES string of the molecule is O=C(NC(=S)Nc1ccc2oc(-c3ccc(-c4ccccc4)cc3)nc2c1)c1ccc(Cl)cc1Cl. The monoisotopic (exact) mass is 517 g/mol. The zero-order chi connectivity index (χ0) is 24.4. The van der Waals surface area contributed by atoms with Gasteiger partial charge >= 0.3 is 0 Å². The van der Waals surface area contributed by atoms with Crippen LogP contribution in [0.1, 0.15) is 10.4 Å². The first-order valence-corrected chi connectivity index (χ1v) is 11.8. The zero-order valence-corrected chi connectivity index (χ0v) is 20.4. The summed E-state index contributed by atoms with van der Waals surface area (Å²) in [5.41, 5.74) is 5.37. The van der Waals surface area contributed by atoms with Crippen molar-refractivity contribution in [2.24, 2.45) is 0 Å². The third-order valence-corrected chi connectivity index (χ3v) is 6.04. The highest BCUT2D eigenvalue weighted by molar-refractivity contribution is 7.80. The molecule has 0 radical (unpaired) electrons. The Kier molecular flexibility index (Phi) is 6.51. The molecule has 1 amide bonds. The van der Waals surface area contributed by atoms with Crippen molar-refractivity contribution in [2.45, 2.75) is 0 Å². The number of hydrogen-bond acceptors (Lipinski definition) is 4. The molecule has 5 nitrogen and oxygen atoms in total. The van der Waals surface area contributed by atoms with Crippen LogP contribution >= 0.6 is 35.4 Å². The van der Waals surface area contributed by atoms with Crippen molar-refractivity contribution >= 4 is 63.2 Å².